The zero-order valence-electron chi connectivity index (χ0n) is 7.91. The highest BCUT2D eigenvalue weighted by Crippen LogP contribution is 2.17. The third-order valence-corrected chi connectivity index (χ3v) is 2.29. The summed E-state index contributed by atoms with van der Waals surface area (Å²) in [5.74, 6) is 7.62. The topological polar surface area (TPSA) is 13.1 Å². The molecule has 0 saturated carbocycles. The van der Waals surface area contributed by atoms with Crippen molar-refractivity contribution < 1.29 is 4.42 Å². The summed E-state index contributed by atoms with van der Waals surface area (Å²) in [6.07, 6.45) is 2.04. The van der Waals surface area contributed by atoms with Gasteiger partial charge in [0.1, 0.15) is 5.58 Å². The molecule has 2 rings (SSSR count). The standard InChI is InChI=1S/C12H10OS/c1-14-8-4-6-11-9-10-5-2-3-7-12(10)13-11/h2-3,5,7,9H,8H2,1H3. The van der Waals surface area contributed by atoms with Crippen LogP contribution in [0.5, 0.6) is 0 Å². The van der Waals surface area contributed by atoms with Crippen molar-refractivity contribution in [2.75, 3.05) is 12.0 Å². The van der Waals surface area contributed by atoms with E-state index in [9.17, 15) is 0 Å². The monoisotopic (exact) mass is 202 g/mol. The molecule has 0 aliphatic heterocycles. The summed E-state index contributed by atoms with van der Waals surface area (Å²) >= 11 is 1.71. The summed E-state index contributed by atoms with van der Waals surface area (Å²) in [5.41, 5.74) is 0.904. The van der Waals surface area contributed by atoms with Crippen molar-refractivity contribution in [3.63, 3.8) is 0 Å². The van der Waals surface area contributed by atoms with Crippen molar-refractivity contribution in [3.05, 3.63) is 36.1 Å². The molecule has 0 unspecified atom stereocenters. The molecule has 0 radical (unpaired) electrons. The Morgan fingerprint density at radius 3 is 3.00 bits per heavy atom. The second-order valence-electron chi connectivity index (χ2n) is 2.88. The van der Waals surface area contributed by atoms with E-state index in [2.05, 4.69) is 11.8 Å². The molecular weight excluding hydrogens is 192 g/mol. The maximum atomic E-state index is 5.53. The van der Waals surface area contributed by atoms with Gasteiger partial charge in [-0.1, -0.05) is 24.1 Å². The second-order valence-corrected chi connectivity index (χ2v) is 3.75. The van der Waals surface area contributed by atoms with E-state index >= 15 is 0 Å². The van der Waals surface area contributed by atoms with E-state index in [-0.39, 0.29) is 0 Å². The summed E-state index contributed by atoms with van der Waals surface area (Å²) in [6.45, 7) is 0. The van der Waals surface area contributed by atoms with Crippen molar-refractivity contribution >= 4 is 22.7 Å². The molecule has 0 aliphatic carbocycles. The highest BCUT2D eigenvalue weighted by atomic mass is 32.2. The quantitative estimate of drug-likeness (QED) is 0.659. The molecule has 1 aromatic carbocycles. The summed E-state index contributed by atoms with van der Waals surface area (Å²) in [5, 5.41) is 1.11. The fraction of sp³-hybridized carbons (Fsp3) is 0.167. The molecule has 1 aromatic heterocycles. The lowest BCUT2D eigenvalue weighted by molar-refractivity contribution is 0.601. The van der Waals surface area contributed by atoms with Crippen LogP contribution in [0.2, 0.25) is 0 Å². The fourth-order valence-electron chi connectivity index (χ4n) is 1.24. The van der Waals surface area contributed by atoms with Crippen LogP contribution in [0.4, 0.5) is 0 Å². The Kier molecular flexibility index (Phi) is 2.81. The van der Waals surface area contributed by atoms with Gasteiger partial charge in [0.15, 0.2) is 5.76 Å². The fourth-order valence-corrected chi connectivity index (χ4v) is 1.46. The number of furan rings is 1. The smallest absolute Gasteiger partial charge is 0.178 e. The Labute approximate surface area is 87.5 Å². The molecule has 0 spiro atoms. The van der Waals surface area contributed by atoms with E-state index in [1.807, 2.05) is 36.6 Å². The molecule has 0 amide bonds. The minimum absolute atomic E-state index is 0.750. The Balaban J connectivity index is 2.33. The molecule has 1 heterocycles. The lowest BCUT2D eigenvalue weighted by atomic mass is 10.2. The number of benzene rings is 1. The Bertz CT molecular complexity index is 454. The third kappa shape index (κ3) is 1.94. The van der Waals surface area contributed by atoms with Gasteiger partial charge in [-0.05, 0) is 18.2 Å². The van der Waals surface area contributed by atoms with Crippen molar-refractivity contribution in [2.45, 2.75) is 0 Å². The third-order valence-electron chi connectivity index (χ3n) is 1.85. The normalized spacial score (nSPS) is 9.79. The van der Waals surface area contributed by atoms with Crippen LogP contribution >= 0.6 is 11.8 Å². The number of hydrogen-bond acceptors (Lipinski definition) is 2. The van der Waals surface area contributed by atoms with Crippen LogP contribution in [0, 0.1) is 11.8 Å². The van der Waals surface area contributed by atoms with Crippen molar-refractivity contribution in [2.24, 2.45) is 0 Å². The SMILES string of the molecule is CSCC#Cc1cc2ccccc2o1. The Hall–Kier alpha value is -1.33. The molecule has 1 nitrogen and oxygen atoms in total. The maximum absolute atomic E-state index is 5.53. The van der Waals surface area contributed by atoms with Crippen molar-refractivity contribution in [1.82, 2.24) is 0 Å². The highest BCUT2D eigenvalue weighted by molar-refractivity contribution is 7.98. The van der Waals surface area contributed by atoms with E-state index in [1.165, 1.54) is 0 Å². The van der Waals surface area contributed by atoms with E-state index in [0.717, 1.165) is 22.5 Å². The first-order chi connectivity index (χ1) is 6.90. The molecule has 0 bridgehead atoms. The number of rotatable bonds is 1. The van der Waals surface area contributed by atoms with Gasteiger partial charge in [0.05, 0.1) is 5.75 Å². The predicted octanol–water partition coefficient (Wildman–Crippen LogP) is 3.15. The number of hydrogen-bond donors (Lipinski definition) is 0. The first-order valence-corrected chi connectivity index (χ1v) is 5.76. The number of thioether (sulfide) groups is 1. The van der Waals surface area contributed by atoms with Crippen LogP contribution in [-0.4, -0.2) is 12.0 Å². The molecular formula is C12H10OS. The van der Waals surface area contributed by atoms with E-state index in [1.54, 1.807) is 11.8 Å². The average molecular weight is 202 g/mol. The predicted molar refractivity (Wildman–Crippen MR) is 61.5 cm³/mol. The molecule has 14 heavy (non-hydrogen) atoms. The van der Waals surface area contributed by atoms with Gasteiger partial charge < -0.3 is 4.42 Å². The van der Waals surface area contributed by atoms with E-state index in [4.69, 9.17) is 4.42 Å². The summed E-state index contributed by atoms with van der Waals surface area (Å²) in [7, 11) is 0. The summed E-state index contributed by atoms with van der Waals surface area (Å²) < 4.78 is 5.53. The second kappa shape index (κ2) is 4.26. The van der Waals surface area contributed by atoms with Crippen LogP contribution in [0.15, 0.2) is 34.7 Å². The van der Waals surface area contributed by atoms with Crippen LogP contribution in [0.1, 0.15) is 5.76 Å². The lowest BCUT2D eigenvalue weighted by Gasteiger charge is -1.82. The van der Waals surface area contributed by atoms with Crippen LogP contribution in [0.25, 0.3) is 11.0 Å². The molecule has 2 heteroatoms. The van der Waals surface area contributed by atoms with Gasteiger partial charge in [-0.15, -0.1) is 0 Å². The number of fused-ring (bicyclic) bond motifs is 1. The first-order valence-electron chi connectivity index (χ1n) is 4.36. The molecule has 0 aliphatic rings. The van der Waals surface area contributed by atoms with Crippen molar-refractivity contribution in [1.29, 1.82) is 0 Å². The molecule has 0 fully saturated rings. The largest absolute Gasteiger partial charge is 0.448 e. The molecule has 0 atom stereocenters. The first kappa shape index (κ1) is 9.23. The molecule has 0 N–H and O–H groups in total. The summed E-state index contributed by atoms with van der Waals surface area (Å²) in [6, 6.07) is 9.91. The Morgan fingerprint density at radius 1 is 1.36 bits per heavy atom. The minimum Gasteiger partial charge on any atom is -0.448 e. The molecule has 2 aromatic rings. The van der Waals surface area contributed by atoms with Gasteiger partial charge in [0.25, 0.3) is 0 Å². The molecule has 70 valence electrons. The van der Waals surface area contributed by atoms with Gasteiger partial charge in [0, 0.05) is 11.5 Å². The average Bonchev–Trinajstić information content (AvgIpc) is 2.60. The van der Waals surface area contributed by atoms with Crippen molar-refractivity contribution in [3.8, 4) is 11.8 Å². The van der Waals surface area contributed by atoms with Crippen LogP contribution < -0.4 is 0 Å². The Morgan fingerprint density at radius 2 is 2.21 bits per heavy atom. The van der Waals surface area contributed by atoms with Gasteiger partial charge in [-0.2, -0.15) is 11.8 Å². The van der Waals surface area contributed by atoms with E-state index in [0.29, 0.717) is 0 Å². The van der Waals surface area contributed by atoms with Crippen LogP contribution in [0.3, 0.4) is 0 Å². The van der Waals surface area contributed by atoms with Crippen LogP contribution in [-0.2, 0) is 0 Å². The zero-order chi connectivity index (χ0) is 9.80. The highest BCUT2D eigenvalue weighted by Gasteiger charge is 1.98. The minimum atomic E-state index is 0.750. The van der Waals surface area contributed by atoms with Gasteiger partial charge >= 0.3 is 0 Å². The van der Waals surface area contributed by atoms with Gasteiger partial charge in [0.2, 0.25) is 0 Å². The zero-order valence-corrected chi connectivity index (χ0v) is 8.73. The van der Waals surface area contributed by atoms with Gasteiger partial charge in [-0.25, -0.2) is 0 Å². The molecule has 0 saturated heterocycles. The van der Waals surface area contributed by atoms with E-state index < -0.39 is 0 Å². The lowest BCUT2D eigenvalue weighted by Crippen LogP contribution is -1.68. The van der Waals surface area contributed by atoms with Gasteiger partial charge in [-0.3, -0.25) is 0 Å². The summed E-state index contributed by atoms with van der Waals surface area (Å²) in [4.78, 5) is 0. The number of para-hydroxylation sites is 1. The maximum Gasteiger partial charge on any atom is 0.178 e.